The van der Waals surface area contributed by atoms with Crippen molar-refractivity contribution in [1.82, 2.24) is 4.98 Å². The SMILES string of the molecule is [2H]c1ccnc(-c2cccc3c2sc2c(C4([2H])CCCCC4)cccc23)c1[2H]. The average molecular weight is 347 g/mol. The minimum Gasteiger partial charge on any atom is -0.256 e. The molecule has 124 valence electrons. The molecular formula is C23H21NS. The van der Waals surface area contributed by atoms with Crippen LogP contribution in [0.5, 0.6) is 0 Å². The van der Waals surface area contributed by atoms with E-state index in [0.717, 1.165) is 46.9 Å². The first-order valence-electron chi connectivity index (χ1n) is 10.5. The van der Waals surface area contributed by atoms with Gasteiger partial charge in [0.1, 0.15) is 0 Å². The van der Waals surface area contributed by atoms with E-state index in [0.29, 0.717) is 5.69 Å². The number of pyridine rings is 1. The van der Waals surface area contributed by atoms with Crippen LogP contribution in [0.2, 0.25) is 0 Å². The summed E-state index contributed by atoms with van der Waals surface area (Å²) in [4.78, 5) is 4.42. The summed E-state index contributed by atoms with van der Waals surface area (Å²) in [5.41, 5.74) is 2.61. The van der Waals surface area contributed by atoms with Gasteiger partial charge in [-0.1, -0.05) is 61.7 Å². The Hall–Kier alpha value is -2.19. The van der Waals surface area contributed by atoms with Gasteiger partial charge in [0.25, 0.3) is 0 Å². The summed E-state index contributed by atoms with van der Waals surface area (Å²) in [5, 5.41) is 2.33. The van der Waals surface area contributed by atoms with Crippen LogP contribution in [-0.2, 0) is 0 Å². The fraction of sp³-hybridized carbons (Fsp3) is 0.261. The normalized spacial score (nSPS) is 18.8. The predicted octanol–water partition coefficient (Wildman–Crippen LogP) is 7.16. The fourth-order valence-corrected chi connectivity index (χ4v) is 5.34. The van der Waals surface area contributed by atoms with E-state index in [-0.39, 0.29) is 12.1 Å². The van der Waals surface area contributed by atoms with Crippen molar-refractivity contribution >= 4 is 31.5 Å². The largest absolute Gasteiger partial charge is 0.256 e. The quantitative estimate of drug-likeness (QED) is 0.375. The Bertz CT molecular complexity index is 1190. The zero-order valence-corrected chi connectivity index (χ0v) is 14.8. The summed E-state index contributed by atoms with van der Waals surface area (Å²) < 4.78 is 27.7. The van der Waals surface area contributed by atoms with Gasteiger partial charge in [-0.05, 0) is 36.4 Å². The molecule has 0 saturated heterocycles. The maximum Gasteiger partial charge on any atom is 0.0716 e. The first-order chi connectivity index (χ1) is 13.6. The van der Waals surface area contributed by atoms with Gasteiger partial charge < -0.3 is 0 Å². The van der Waals surface area contributed by atoms with E-state index in [1.165, 1.54) is 16.5 Å². The van der Waals surface area contributed by atoms with Gasteiger partial charge >= 0.3 is 0 Å². The highest BCUT2D eigenvalue weighted by Gasteiger charge is 2.20. The third kappa shape index (κ3) is 2.56. The molecule has 1 saturated carbocycles. The summed E-state index contributed by atoms with van der Waals surface area (Å²) in [6.07, 6.45) is 6.93. The van der Waals surface area contributed by atoms with Crippen molar-refractivity contribution in [2.24, 2.45) is 0 Å². The molecule has 1 aliphatic carbocycles. The molecule has 1 nitrogen and oxygen atoms in total. The molecule has 2 aromatic heterocycles. The molecule has 0 unspecified atom stereocenters. The zero-order valence-electron chi connectivity index (χ0n) is 17.0. The standard InChI is InChI=1S/C23H21NS/c1-2-8-16(9-3-1)17-10-6-11-18-19-12-7-13-20(23(19)25-22(17)18)21-14-4-5-15-24-21/h4-7,10-16H,1-3,8-9H2/i4D,14D,16D. The van der Waals surface area contributed by atoms with Gasteiger partial charge in [0.05, 0.1) is 8.44 Å². The molecule has 5 rings (SSSR count). The Morgan fingerprint density at radius 2 is 1.76 bits per heavy atom. The molecule has 2 heterocycles. The second kappa shape index (κ2) is 6.27. The number of thiophene rings is 1. The number of hydrogen-bond acceptors (Lipinski definition) is 2. The van der Waals surface area contributed by atoms with Crippen LogP contribution < -0.4 is 0 Å². The Labute approximate surface area is 156 Å². The van der Waals surface area contributed by atoms with Crippen molar-refractivity contribution in [2.75, 3.05) is 0 Å². The zero-order chi connectivity index (χ0) is 19.3. The molecule has 1 fully saturated rings. The molecule has 1 aliphatic rings. The maximum absolute atomic E-state index is 9.14. The second-order valence-corrected chi connectivity index (χ2v) is 7.71. The molecule has 0 atom stereocenters. The minimum absolute atomic E-state index is 0.164. The van der Waals surface area contributed by atoms with E-state index in [1.54, 1.807) is 23.6 Å². The molecule has 0 N–H and O–H groups in total. The Balaban J connectivity index is 1.79. The van der Waals surface area contributed by atoms with Crippen LogP contribution in [0.4, 0.5) is 0 Å². The van der Waals surface area contributed by atoms with E-state index < -0.39 is 5.89 Å². The average Bonchev–Trinajstić information content (AvgIpc) is 3.09. The van der Waals surface area contributed by atoms with E-state index in [9.17, 15) is 0 Å². The van der Waals surface area contributed by atoms with E-state index >= 15 is 0 Å². The molecule has 0 amide bonds. The number of rotatable bonds is 2. The molecule has 2 aromatic carbocycles. The monoisotopic (exact) mass is 346 g/mol. The van der Waals surface area contributed by atoms with E-state index in [4.69, 9.17) is 4.11 Å². The lowest BCUT2D eigenvalue weighted by Crippen LogP contribution is -2.04. The van der Waals surface area contributed by atoms with Gasteiger partial charge in [0, 0.05) is 33.3 Å². The smallest absolute Gasteiger partial charge is 0.0716 e. The lowest BCUT2D eigenvalue weighted by molar-refractivity contribution is 0.446. The first kappa shape index (κ1) is 12.2. The highest BCUT2D eigenvalue weighted by molar-refractivity contribution is 7.26. The summed E-state index contributed by atoms with van der Waals surface area (Å²) in [6.45, 7) is 0. The fourth-order valence-electron chi connectivity index (χ4n) is 3.96. The molecule has 25 heavy (non-hydrogen) atoms. The van der Waals surface area contributed by atoms with Crippen molar-refractivity contribution in [1.29, 1.82) is 0 Å². The molecular weight excluding hydrogens is 322 g/mol. The van der Waals surface area contributed by atoms with Crippen LogP contribution in [0, 0.1) is 0 Å². The van der Waals surface area contributed by atoms with Crippen molar-refractivity contribution in [3.8, 4) is 11.3 Å². The number of nitrogens with zero attached hydrogens (tertiary/aromatic N) is 1. The van der Waals surface area contributed by atoms with Gasteiger partial charge in [-0.15, -0.1) is 11.3 Å². The second-order valence-electron chi connectivity index (χ2n) is 6.69. The third-order valence-corrected chi connectivity index (χ3v) is 6.46. The molecule has 0 spiro atoms. The highest BCUT2D eigenvalue weighted by Crippen LogP contribution is 2.44. The maximum atomic E-state index is 9.14. The van der Waals surface area contributed by atoms with Crippen LogP contribution in [0.1, 0.15) is 47.7 Å². The lowest BCUT2D eigenvalue weighted by atomic mass is 9.83. The predicted molar refractivity (Wildman–Crippen MR) is 108 cm³/mol. The van der Waals surface area contributed by atoms with Crippen LogP contribution in [0.15, 0.2) is 60.7 Å². The van der Waals surface area contributed by atoms with E-state index in [1.807, 2.05) is 12.1 Å². The van der Waals surface area contributed by atoms with Gasteiger partial charge in [-0.25, -0.2) is 0 Å². The number of benzene rings is 2. The van der Waals surface area contributed by atoms with Crippen LogP contribution in [0.25, 0.3) is 31.4 Å². The molecule has 0 bridgehead atoms. The Morgan fingerprint density at radius 1 is 0.960 bits per heavy atom. The topological polar surface area (TPSA) is 12.9 Å². The van der Waals surface area contributed by atoms with Gasteiger partial charge in [-0.2, -0.15) is 0 Å². The molecule has 2 heteroatoms. The summed E-state index contributed by atoms with van der Waals surface area (Å²) in [5.74, 6) is -0.501. The van der Waals surface area contributed by atoms with Crippen molar-refractivity contribution < 1.29 is 4.11 Å². The lowest BCUT2D eigenvalue weighted by Gasteiger charge is -2.22. The van der Waals surface area contributed by atoms with E-state index in [2.05, 4.69) is 29.2 Å². The molecule has 0 aliphatic heterocycles. The van der Waals surface area contributed by atoms with Gasteiger partial charge in [-0.3, -0.25) is 4.98 Å². The minimum atomic E-state index is -0.501. The van der Waals surface area contributed by atoms with Crippen molar-refractivity contribution in [3.63, 3.8) is 0 Å². The third-order valence-electron chi connectivity index (χ3n) is 5.17. The number of hydrogen-bond donors (Lipinski definition) is 0. The van der Waals surface area contributed by atoms with Crippen molar-refractivity contribution in [2.45, 2.75) is 38.0 Å². The van der Waals surface area contributed by atoms with Crippen LogP contribution >= 0.6 is 11.3 Å². The molecule has 0 radical (unpaired) electrons. The first-order valence-corrected chi connectivity index (χ1v) is 9.77. The highest BCUT2D eigenvalue weighted by atomic mass is 32.1. The number of aromatic nitrogens is 1. The summed E-state index contributed by atoms with van der Waals surface area (Å²) >= 11 is 1.71. The van der Waals surface area contributed by atoms with Crippen molar-refractivity contribution in [3.05, 3.63) is 66.3 Å². The van der Waals surface area contributed by atoms with Crippen LogP contribution in [0.3, 0.4) is 0 Å². The Kier molecular flexibility index (Phi) is 3.06. The van der Waals surface area contributed by atoms with Gasteiger partial charge in [0.15, 0.2) is 0 Å². The van der Waals surface area contributed by atoms with Gasteiger partial charge in [0.2, 0.25) is 0 Å². The van der Waals surface area contributed by atoms with Crippen LogP contribution in [-0.4, -0.2) is 4.98 Å². The molecule has 4 aromatic rings. The summed E-state index contributed by atoms with van der Waals surface area (Å²) in [7, 11) is 0. The Morgan fingerprint density at radius 3 is 2.64 bits per heavy atom. The number of fused-ring (bicyclic) bond motifs is 3. The summed E-state index contributed by atoms with van der Waals surface area (Å²) in [6, 6.07) is 14.4.